The van der Waals surface area contributed by atoms with Gasteiger partial charge >= 0.3 is 0 Å². The molecule has 1 aliphatic rings. The summed E-state index contributed by atoms with van der Waals surface area (Å²) in [6, 6.07) is 5.77. The molecule has 1 fully saturated rings. The lowest BCUT2D eigenvalue weighted by Crippen LogP contribution is -2.38. The minimum Gasteiger partial charge on any atom is -0.493 e. The van der Waals surface area contributed by atoms with Crippen molar-refractivity contribution in [1.82, 2.24) is 4.90 Å². The van der Waals surface area contributed by atoms with Crippen LogP contribution in [0.4, 0.5) is 0 Å². The summed E-state index contributed by atoms with van der Waals surface area (Å²) < 4.78 is 10.5. The summed E-state index contributed by atoms with van der Waals surface area (Å²) in [4.78, 5) is 14.1. The Hall–Kier alpha value is -1.42. The smallest absolute Gasteiger partial charge is 0.222 e. The summed E-state index contributed by atoms with van der Waals surface area (Å²) in [7, 11) is 3.23. The number of benzene rings is 1. The van der Waals surface area contributed by atoms with Crippen molar-refractivity contribution in [3.63, 3.8) is 0 Å². The topological polar surface area (TPSA) is 38.8 Å². The van der Waals surface area contributed by atoms with Crippen LogP contribution in [-0.4, -0.2) is 43.5 Å². The van der Waals surface area contributed by atoms with E-state index < -0.39 is 0 Å². The second-order valence-electron chi connectivity index (χ2n) is 5.24. The molecule has 1 aromatic rings. The van der Waals surface area contributed by atoms with Crippen LogP contribution in [0, 0.1) is 0 Å². The molecule has 1 aliphatic heterocycles. The number of piperidine rings is 1. The number of halogens is 1. The van der Waals surface area contributed by atoms with Gasteiger partial charge < -0.3 is 14.4 Å². The first kappa shape index (κ1) is 16.0. The van der Waals surface area contributed by atoms with Crippen LogP contribution in [0.1, 0.15) is 24.8 Å². The number of rotatable bonds is 5. The van der Waals surface area contributed by atoms with E-state index in [1.54, 1.807) is 14.2 Å². The highest BCUT2D eigenvalue weighted by Crippen LogP contribution is 2.28. The highest BCUT2D eigenvalue weighted by Gasteiger charge is 2.21. The SMILES string of the molecule is COc1ccc(CCC(=O)N2CCC(Cl)CC2)cc1OC. The number of ether oxygens (including phenoxy) is 2. The fourth-order valence-electron chi connectivity index (χ4n) is 2.54. The first-order valence-corrected chi connectivity index (χ1v) is 7.70. The number of alkyl halides is 1. The molecule has 0 saturated carbocycles. The van der Waals surface area contributed by atoms with Gasteiger partial charge in [-0.25, -0.2) is 0 Å². The van der Waals surface area contributed by atoms with Crippen LogP contribution in [0.25, 0.3) is 0 Å². The molecule has 21 heavy (non-hydrogen) atoms. The van der Waals surface area contributed by atoms with Crippen LogP contribution < -0.4 is 9.47 Å². The molecule has 0 aliphatic carbocycles. The van der Waals surface area contributed by atoms with Gasteiger partial charge in [0, 0.05) is 24.9 Å². The summed E-state index contributed by atoms with van der Waals surface area (Å²) in [5.74, 6) is 1.61. The van der Waals surface area contributed by atoms with Crippen molar-refractivity contribution < 1.29 is 14.3 Å². The molecule has 116 valence electrons. The standard InChI is InChI=1S/C16H22ClNO3/c1-20-14-5-3-12(11-15(14)21-2)4-6-16(19)18-9-7-13(17)8-10-18/h3,5,11,13H,4,6-10H2,1-2H3. The monoisotopic (exact) mass is 311 g/mol. The third kappa shape index (κ3) is 4.27. The van der Waals surface area contributed by atoms with Gasteiger partial charge in [-0.3, -0.25) is 4.79 Å². The number of hydrogen-bond acceptors (Lipinski definition) is 3. The van der Waals surface area contributed by atoms with Crippen LogP contribution in [-0.2, 0) is 11.2 Å². The van der Waals surface area contributed by atoms with Crippen molar-refractivity contribution in [2.75, 3.05) is 27.3 Å². The van der Waals surface area contributed by atoms with E-state index in [0.29, 0.717) is 24.3 Å². The average Bonchev–Trinajstić information content (AvgIpc) is 2.52. The predicted octanol–water partition coefficient (Wildman–Crippen LogP) is 2.87. The first-order valence-electron chi connectivity index (χ1n) is 7.26. The number of amides is 1. The van der Waals surface area contributed by atoms with Gasteiger partial charge in [0.25, 0.3) is 0 Å². The third-order valence-electron chi connectivity index (χ3n) is 3.85. The first-order chi connectivity index (χ1) is 10.1. The van der Waals surface area contributed by atoms with Crippen molar-refractivity contribution in [3.05, 3.63) is 23.8 Å². The second-order valence-corrected chi connectivity index (χ2v) is 5.86. The number of methoxy groups -OCH3 is 2. The van der Waals surface area contributed by atoms with Gasteiger partial charge in [0.2, 0.25) is 5.91 Å². The van der Waals surface area contributed by atoms with E-state index >= 15 is 0 Å². The van der Waals surface area contributed by atoms with Crippen molar-refractivity contribution in [1.29, 1.82) is 0 Å². The Kier molecular flexibility index (Phi) is 5.74. The van der Waals surface area contributed by atoms with E-state index in [2.05, 4.69) is 0 Å². The van der Waals surface area contributed by atoms with Crippen molar-refractivity contribution in [2.24, 2.45) is 0 Å². The fraction of sp³-hybridized carbons (Fsp3) is 0.562. The molecule has 2 rings (SSSR count). The molecular weight excluding hydrogens is 290 g/mol. The van der Waals surface area contributed by atoms with E-state index in [1.165, 1.54) is 0 Å². The Labute approximate surface area is 131 Å². The summed E-state index contributed by atoms with van der Waals surface area (Å²) in [6.07, 6.45) is 3.01. The summed E-state index contributed by atoms with van der Waals surface area (Å²) >= 11 is 6.06. The Morgan fingerprint density at radius 3 is 2.52 bits per heavy atom. The number of aryl methyl sites for hydroxylation is 1. The third-order valence-corrected chi connectivity index (χ3v) is 4.29. The van der Waals surface area contributed by atoms with Gasteiger partial charge in [0.05, 0.1) is 14.2 Å². The zero-order valence-corrected chi connectivity index (χ0v) is 13.4. The van der Waals surface area contributed by atoms with E-state index in [1.807, 2.05) is 23.1 Å². The molecule has 0 bridgehead atoms. The van der Waals surface area contributed by atoms with E-state index in [9.17, 15) is 4.79 Å². The normalized spacial score (nSPS) is 15.9. The minimum absolute atomic E-state index is 0.202. The molecule has 1 aromatic carbocycles. The van der Waals surface area contributed by atoms with Crippen molar-refractivity contribution in [2.45, 2.75) is 31.1 Å². The molecule has 0 spiro atoms. The molecule has 0 unspecified atom stereocenters. The maximum atomic E-state index is 12.2. The maximum Gasteiger partial charge on any atom is 0.222 e. The molecule has 5 heteroatoms. The molecule has 0 atom stereocenters. The molecule has 0 aromatic heterocycles. The average molecular weight is 312 g/mol. The van der Waals surface area contributed by atoms with Crippen LogP contribution in [0.15, 0.2) is 18.2 Å². The van der Waals surface area contributed by atoms with E-state index in [-0.39, 0.29) is 11.3 Å². The van der Waals surface area contributed by atoms with Crippen LogP contribution >= 0.6 is 11.6 Å². The molecular formula is C16H22ClNO3. The lowest BCUT2D eigenvalue weighted by atomic mass is 10.1. The maximum absolute atomic E-state index is 12.2. The van der Waals surface area contributed by atoms with Gasteiger partial charge in [-0.2, -0.15) is 0 Å². The summed E-state index contributed by atoms with van der Waals surface area (Å²) in [5, 5.41) is 0.222. The van der Waals surface area contributed by atoms with Gasteiger partial charge in [-0.05, 0) is 37.0 Å². The molecule has 1 amide bonds. The summed E-state index contributed by atoms with van der Waals surface area (Å²) in [6.45, 7) is 1.55. The Morgan fingerprint density at radius 2 is 1.90 bits per heavy atom. The zero-order chi connectivity index (χ0) is 15.2. The quantitative estimate of drug-likeness (QED) is 0.785. The Morgan fingerprint density at radius 1 is 1.24 bits per heavy atom. The number of carbonyl (C=O) groups excluding carboxylic acids is 1. The van der Waals surface area contributed by atoms with Gasteiger partial charge in [0.15, 0.2) is 11.5 Å². The fourth-order valence-corrected chi connectivity index (χ4v) is 2.74. The van der Waals surface area contributed by atoms with Gasteiger partial charge in [0.1, 0.15) is 0 Å². The molecule has 4 nitrogen and oxygen atoms in total. The predicted molar refractivity (Wildman–Crippen MR) is 83.3 cm³/mol. The number of nitrogens with zero attached hydrogens (tertiary/aromatic N) is 1. The second kappa shape index (κ2) is 7.55. The van der Waals surface area contributed by atoms with Crippen LogP contribution in [0.5, 0.6) is 11.5 Å². The van der Waals surface area contributed by atoms with Crippen LogP contribution in [0.2, 0.25) is 0 Å². The number of likely N-dealkylation sites (tertiary alicyclic amines) is 1. The Balaban J connectivity index is 1.89. The summed E-state index contributed by atoms with van der Waals surface area (Å²) in [5.41, 5.74) is 1.08. The van der Waals surface area contributed by atoms with E-state index in [4.69, 9.17) is 21.1 Å². The van der Waals surface area contributed by atoms with E-state index in [0.717, 1.165) is 31.5 Å². The molecule has 0 radical (unpaired) electrons. The number of carbonyl (C=O) groups is 1. The molecule has 0 N–H and O–H groups in total. The minimum atomic E-state index is 0.202. The largest absolute Gasteiger partial charge is 0.493 e. The Bertz CT molecular complexity index is 484. The zero-order valence-electron chi connectivity index (χ0n) is 12.6. The highest BCUT2D eigenvalue weighted by atomic mass is 35.5. The van der Waals surface area contributed by atoms with Crippen molar-refractivity contribution in [3.8, 4) is 11.5 Å². The number of hydrogen-bond donors (Lipinski definition) is 0. The van der Waals surface area contributed by atoms with Crippen LogP contribution in [0.3, 0.4) is 0 Å². The van der Waals surface area contributed by atoms with Gasteiger partial charge in [-0.1, -0.05) is 6.07 Å². The molecule has 1 saturated heterocycles. The highest BCUT2D eigenvalue weighted by molar-refractivity contribution is 6.20. The van der Waals surface area contributed by atoms with Gasteiger partial charge in [-0.15, -0.1) is 11.6 Å². The lowest BCUT2D eigenvalue weighted by molar-refractivity contribution is -0.131. The van der Waals surface area contributed by atoms with Crippen molar-refractivity contribution >= 4 is 17.5 Å². The lowest BCUT2D eigenvalue weighted by Gasteiger charge is -2.29. The molecule has 1 heterocycles.